The fourth-order valence-electron chi connectivity index (χ4n) is 3.94. The van der Waals surface area contributed by atoms with Gasteiger partial charge in [0.25, 0.3) is 0 Å². The molecule has 0 radical (unpaired) electrons. The van der Waals surface area contributed by atoms with E-state index in [1.807, 2.05) is 27.0 Å². The second-order valence-corrected chi connectivity index (χ2v) is 10.6. The summed E-state index contributed by atoms with van der Waals surface area (Å²) in [5, 5.41) is 0. The zero-order valence-electron chi connectivity index (χ0n) is 19.8. The lowest BCUT2D eigenvalue weighted by Gasteiger charge is -2.28. The summed E-state index contributed by atoms with van der Waals surface area (Å²) in [6.45, 7) is 12.5. The number of hydrogen-bond donors (Lipinski definition) is 0. The van der Waals surface area contributed by atoms with Crippen LogP contribution >= 0.6 is 0 Å². The van der Waals surface area contributed by atoms with Crippen molar-refractivity contribution in [3.05, 3.63) is 18.2 Å². The largest absolute Gasteiger partial charge is 0.500 e. The van der Waals surface area contributed by atoms with E-state index >= 15 is 0 Å². The van der Waals surface area contributed by atoms with E-state index in [0.29, 0.717) is 25.9 Å². The monoisotopic (exact) mass is 426 g/mol. The van der Waals surface area contributed by atoms with Crippen molar-refractivity contribution in [2.45, 2.75) is 111 Å². The second-order valence-electron chi connectivity index (χ2n) is 7.85. The Morgan fingerprint density at radius 1 is 0.862 bits per heavy atom. The van der Waals surface area contributed by atoms with Crippen LogP contribution in [-0.2, 0) is 19.7 Å². The summed E-state index contributed by atoms with van der Waals surface area (Å²) in [5.41, 5.74) is 0. The maximum atomic E-state index is 5.98. The van der Waals surface area contributed by atoms with E-state index < -0.39 is 8.80 Å². The molecular formula is C23H46N2O3Si. The summed E-state index contributed by atoms with van der Waals surface area (Å²) in [6, 6.07) is 1.36. The first-order chi connectivity index (χ1) is 14.1. The van der Waals surface area contributed by atoms with Crippen molar-refractivity contribution in [3.63, 3.8) is 0 Å². The highest BCUT2D eigenvalue weighted by Gasteiger charge is 2.39. The summed E-state index contributed by atoms with van der Waals surface area (Å²) in [4.78, 5) is 4.63. The molecular weight excluding hydrogens is 380 g/mol. The van der Waals surface area contributed by atoms with Gasteiger partial charge in [0.2, 0.25) is 0 Å². The molecule has 0 aromatic carbocycles. The average molecular weight is 427 g/mol. The van der Waals surface area contributed by atoms with E-state index in [9.17, 15) is 0 Å². The molecule has 0 saturated carbocycles. The molecule has 0 amide bonds. The molecule has 29 heavy (non-hydrogen) atoms. The van der Waals surface area contributed by atoms with Gasteiger partial charge in [-0.2, -0.15) is 0 Å². The summed E-state index contributed by atoms with van der Waals surface area (Å²) < 4.78 is 20.3. The second kappa shape index (κ2) is 16.1. The minimum Gasteiger partial charge on any atom is -0.374 e. The molecule has 5 nitrogen and oxygen atoms in total. The van der Waals surface area contributed by atoms with Gasteiger partial charge < -0.3 is 17.8 Å². The summed E-state index contributed by atoms with van der Waals surface area (Å²) in [5.74, 6) is 1.17. The van der Waals surface area contributed by atoms with Crippen LogP contribution in [0.1, 0.15) is 104 Å². The number of imidazole rings is 1. The molecule has 1 aromatic rings. The fourth-order valence-corrected chi connectivity index (χ4v) is 6.55. The van der Waals surface area contributed by atoms with Gasteiger partial charge in [-0.1, -0.05) is 51.9 Å². The van der Waals surface area contributed by atoms with Gasteiger partial charge in [0.1, 0.15) is 5.82 Å². The predicted octanol–water partition coefficient (Wildman–Crippen LogP) is 6.57. The Morgan fingerprint density at radius 3 is 2.03 bits per heavy atom. The van der Waals surface area contributed by atoms with Gasteiger partial charge in [-0.05, 0) is 40.5 Å². The van der Waals surface area contributed by atoms with Crippen LogP contribution in [0.25, 0.3) is 0 Å². The van der Waals surface area contributed by atoms with Crippen molar-refractivity contribution in [1.29, 1.82) is 0 Å². The topological polar surface area (TPSA) is 45.5 Å². The number of rotatable bonds is 19. The molecule has 1 atom stereocenters. The van der Waals surface area contributed by atoms with E-state index in [4.69, 9.17) is 13.3 Å². The van der Waals surface area contributed by atoms with Gasteiger partial charge >= 0.3 is 8.80 Å². The lowest BCUT2D eigenvalue weighted by atomic mass is 10.1. The first-order valence-corrected chi connectivity index (χ1v) is 14.0. The third-order valence-electron chi connectivity index (χ3n) is 5.43. The Labute approximate surface area is 180 Å². The SMILES string of the molecule is CCCCCCCCCC(C)n1ccnc1CCC[Si](OCC)(OCC)OCC. The molecule has 170 valence electrons. The third-order valence-corrected chi connectivity index (χ3v) is 8.58. The van der Waals surface area contributed by atoms with Crippen molar-refractivity contribution in [2.75, 3.05) is 19.8 Å². The molecule has 0 bridgehead atoms. The van der Waals surface area contributed by atoms with Crippen LogP contribution < -0.4 is 0 Å². The quantitative estimate of drug-likeness (QED) is 0.185. The third kappa shape index (κ3) is 10.2. The molecule has 0 N–H and O–H groups in total. The van der Waals surface area contributed by atoms with Crippen LogP contribution in [0.4, 0.5) is 0 Å². The van der Waals surface area contributed by atoms with Crippen molar-refractivity contribution in [2.24, 2.45) is 0 Å². The number of unbranched alkanes of at least 4 members (excludes halogenated alkanes) is 6. The molecule has 1 rings (SSSR count). The van der Waals surface area contributed by atoms with Crippen molar-refractivity contribution in [1.82, 2.24) is 9.55 Å². The maximum absolute atomic E-state index is 5.98. The number of aromatic nitrogens is 2. The van der Waals surface area contributed by atoms with Gasteiger partial charge in [-0.15, -0.1) is 0 Å². The number of aryl methyl sites for hydroxylation is 1. The van der Waals surface area contributed by atoms with Crippen LogP contribution in [0.15, 0.2) is 12.4 Å². The molecule has 1 unspecified atom stereocenters. The van der Waals surface area contributed by atoms with E-state index in [-0.39, 0.29) is 0 Å². The molecule has 6 heteroatoms. The zero-order valence-corrected chi connectivity index (χ0v) is 20.8. The van der Waals surface area contributed by atoms with Crippen LogP contribution in [0.2, 0.25) is 6.04 Å². The molecule has 1 aromatic heterocycles. The van der Waals surface area contributed by atoms with Gasteiger partial charge in [0.15, 0.2) is 0 Å². The summed E-state index contributed by atoms with van der Waals surface area (Å²) in [6.07, 6.45) is 16.8. The highest BCUT2D eigenvalue weighted by molar-refractivity contribution is 6.60. The summed E-state index contributed by atoms with van der Waals surface area (Å²) >= 11 is 0. The standard InChI is InChI=1S/C23H46N2O3Si/c1-6-10-11-12-13-14-15-17-22(5)25-20-19-24-23(25)18-16-21-29(26-7-2,27-8-3)28-9-4/h19-20,22H,6-18,21H2,1-5H3. The zero-order chi connectivity index (χ0) is 21.4. The lowest BCUT2D eigenvalue weighted by Crippen LogP contribution is -2.46. The molecule has 0 fully saturated rings. The van der Waals surface area contributed by atoms with Gasteiger partial charge in [0.05, 0.1) is 0 Å². The average Bonchev–Trinajstić information content (AvgIpc) is 3.16. The highest BCUT2D eigenvalue weighted by atomic mass is 28.4. The Balaban J connectivity index is 2.45. The normalized spacial score (nSPS) is 13.1. The Kier molecular flexibility index (Phi) is 14.6. The number of hydrogen-bond acceptors (Lipinski definition) is 4. The molecule has 0 aliphatic heterocycles. The van der Waals surface area contributed by atoms with Crippen molar-refractivity contribution in [3.8, 4) is 0 Å². The van der Waals surface area contributed by atoms with E-state index in [0.717, 1.165) is 18.9 Å². The molecule has 1 heterocycles. The van der Waals surface area contributed by atoms with Gasteiger partial charge in [-0.3, -0.25) is 0 Å². The van der Waals surface area contributed by atoms with Crippen molar-refractivity contribution < 1.29 is 13.3 Å². The minimum atomic E-state index is -2.55. The Hall–Kier alpha value is -0.693. The van der Waals surface area contributed by atoms with Crippen LogP contribution in [0.5, 0.6) is 0 Å². The van der Waals surface area contributed by atoms with Crippen LogP contribution in [0.3, 0.4) is 0 Å². The smallest absolute Gasteiger partial charge is 0.374 e. The number of nitrogens with zero attached hydrogens (tertiary/aromatic N) is 2. The molecule has 0 aliphatic carbocycles. The van der Waals surface area contributed by atoms with E-state index in [1.54, 1.807) is 0 Å². The fraction of sp³-hybridized carbons (Fsp3) is 0.870. The lowest BCUT2D eigenvalue weighted by molar-refractivity contribution is 0.0708. The minimum absolute atomic E-state index is 0.510. The molecule has 0 saturated heterocycles. The molecule has 0 aliphatic rings. The summed E-state index contributed by atoms with van der Waals surface area (Å²) in [7, 11) is -2.55. The maximum Gasteiger partial charge on any atom is 0.500 e. The molecule has 0 spiro atoms. The first kappa shape index (κ1) is 26.3. The van der Waals surface area contributed by atoms with Crippen LogP contribution in [0, 0.1) is 0 Å². The first-order valence-electron chi connectivity index (χ1n) is 12.1. The van der Waals surface area contributed by atoms with Crippen molar-refractivity contribution >= 4 is 8.80 Å². The van der Waals surface area contributed by atoms with Crippen LogP contribution in [-0.4, -0.2) is 38.2 Å². The highest BCUT2D eigenvalue weighted by Crippen LogP contribution is 2.22. The Bertz CT molecular complexity index is 493. The predicted molar refractivity (Wildman–Crippen MR) is 123 cm³/mol. The van der Waals surface area contributed by atoms with Gasteiger partial charge in [0, 0.05) is 50.7 Å². The van der Waals surface area contributed by atoms with Gasteiger partial charge in [-0.25, -0.2) is 4.98 Å². The van der Waals surface area contributed by atoms with E-state index in [1.165, 1.54) is 57.2 Å². The Morgan fingerprint density at radius 2 is 1.45 bits per heavy atom. The van der Waals surface area contributed by atoms with E-state index in [2.05, 4.69) is 29.6 Å².